The number of alkyl halides is 3. The van der Waals surface area contributed by atoms with Crippen molar-refractivity contribution in [2.24, 2.45) is 11.1 Å². The Morgan fingerprint density at radius 1 is 1.13 bits per heavy atom. The predicted molar refractivity (Wildman–Crippen MR) is 162 cm³/mol. The highest BCUT2D eigenvalue weighted by Crippen LogP contribution is 2.42. The van der Waals surface area contributed by atoms with Crippen LogP contribution in [0.2, 0.25) is 0 Å². The molecule has 47 heavy (non-hydrogen) atoms. The molecule has 0 radical (unpaired) electrons. The highest BCUT2D eigenvalue weighted by Gasteiger charge is 2.45. The molecule has 1 amide bonds. The number of likely N-dealkylation sites (N-methyl/N-ethyl adjacent to an activating group) is 1. The van der Waals surface area contributed by atoms with Gasteiger partial charge >= 0.3 is 18.1 Å². The van der Waals surface area contributed by atoms with Crippen molar-refractivity contribution in [2.75, 3.05) is 33.0 Å². The summed E-state index contributed by atoms with van der Waals surface area (Å²) in [7, 11) is 5.79. The number of ether oxygens (including phenoxy) is 2. The zero-order chi connectivity index (χ0) is 34.2. The van der Waals surface area contributed by atoms with Crippen LogP contribution >= 0.6 is 0 Å². The van der Waals surface area contributed by atoms with Crippen LogP contribution in [-0.2, 0) is 31.7 Å². The Labute approximate surface area is 278 Å². The third kappa shape index (κ3) is 9.69. The molecule has 0 saturated heterocycles. The number of anilines is 1. The summed E-state index contributed by atoms with van der Waals surface area (Å²) in [5, 5.41) is 7.16. The molecule has 1 heterocycles. The number of Topliss-reactive ketones (excluding diaryl/α,β-unsaturated/α-hetero) is 1. The first-order valence-electron chi connectivity index (χ1n) is 15.3. The number of rotatable bonds is 10. The number of nitrogens with zero attached hydrogens (tertiary/aromatic N) is 3. The number of primary amides is 1. The maximum absolute atomic E-state index is 14.0. The van der Waals surface area contributed by atoms with E-state index in [0.717, 1.165) is 4.68 Å². The first-order chi connectivity index (χ1) is 21.2. The van der Waals surface area contributed by atoms with Gasteiger partial charge in [-0.1, -0.05) is 13.8 Å². The normalized spacial score (nSPS) is 20.0. The van der Waals surface area contributed by atoms with Crippen LogP contribution in [0.1, 0.15) is 91.4 Å². The second-order valence-corrected chi connectivity index (χ2v) is 14.1. The summed E-state index contributed by atoms with van der Waals surface area (Å²) >= 11 is 0. The van der Waals surface area contributed by atoms with Gasteiger partial charge in [-0.15, -0.1) is 0 Å². The van der Waals surface area contributed by atoms with Crippen molar-refractivity contribution in [3.63, 3.8) is 0 Å². The fraction of sp³-hybridized carbons (Fsp3) is 0.594. The minimum absolute atomic E-state index is 0. The molecule has 4 rings (SSSR count). The number of amides is 1. The lowest BCUT2D eigenvalue weighted by atomic mass is 9.75. The maximum atomic E-state index is 14.0. The van der Waals surface area contributed by atoms with Gasteiger partial charge in [-0.3, -0.25) is 19.2 Å². The molecule has 1 unspecified atom stereocenters. The van der Waals surface area contributed by atoms with Gasteiger partial charge in [0, 0.05) is 25.1 Å². The lowest BCUT2D eigenvalue weighted by molar-refractivity contribution is -0.873. The number of aromatic nitrogens is 2. The fourth-order valence-corrected chi connectivity index (χ4v) is 6.31. The zero-order valence-electron chi connectivity index (χ0n) is 27.5. The molecular formula is C32H43ClF3N5O6. The third-order valence-corrected chi connectivity index (χ3v) is 8.14. The molecule has 1 saturated carbocycles. The van der Waals surface area contributed by atoms with E-state index in [0.29, 0.717) is 42.4 Å². The number of carbonyl (C=O) groups excluding carboxylic acids is 4. The topological polar surface area (TPSA) is 143 Å². The number of halogens is 4. The van der Waals surface area contributed by atoms with Gasteiger partial charge in [0.2, 0.25) is 0 Å². The Morgan fingerprint density at radius 2 is 1.77 bits per heavy atom. The van der Waals surface area contributed by atoms with Crippen molar-refractivity contribution < 1.29 is 58.7 Å². The molecule has 15 heteroatoms. The van der Waals surface area contributed by atoms with Gasteiger partial charge in [0.1, 0.15) is 12.6 Å². The highest BCUT2D eigenvalue weighted by atomic mass is 35.5. The number of quaternary nitrogens is 1. The number of benzene rings is 1. The Hall–Kier alpha value is -3.65. The second-order valence-electron chi connectivity index (χ2n) is 14.1. The average Bonchev–Trinajstić information content (AvgIpc) is 3.27. The van der Waals surface area contributed by atoms with Gasteiger partial charge in [0.15, 0.2) is 17.6 Å². The molecule has 2 aromatic rings. The fourth-order valence-electron chi connectivity index (χ4n) is 6.31. The Kier molecular flexibility index (Phi) is 11.4. The van der Waals surface area contributed by atoms with Gasteiger partial charge in [-0.25, -0.2) is 4.68 Å². The van der Waals surface area contributed by atoms with Crippen LogP contribution in [0.5, 0.6) is 0 Å². The van der Waals surface area contributed by atoms with Gasteiger partial charge in [0.25, 0.3) is 5.91 Å². The molecule has 0 aliphatic heterocycles. The second kappa shape index (κ2) is 14.2. The van der Waals surface area contributed by atoms with E-state index in [1.165, 1.54) is 25.1 Å². The Morgan fingerprint density at radius 3 is 2.32 bits per heavy atom. The molecule has 1 atom stereocenters. The molecule has 260 valence electrons. The van der Waals surface area contributed by atoms with E-state index in [2.05, 4.69) is 10.4 Å². The standard InChI is InChI=1S/C32H42F3N5O6.ClH/c1-18(41)45-22(17-40(4,5)6)14-27(43)46-21-10-7-19(8-11-21)37-24-13-20(9-12-23(24)30(36)44)39-25-15-31(2,3)16-26(42)28(25)29(38-39)32(33,34)35;/h9,12-13,19,21-22H,7-8,10-11,14-17H2,1-6H3,(H2-,36,37,44);1H. The number of nitrogens with one attached hydrogen (secondary N) is 1. The van der Waals surface area contributed by atoms with Gasteiger partial charge in [-0.2, -0.15) is 18.3 Å². The minimum atomic E-state index is -4.82. The smallest absolute Gasteiger partial charge is 0.435 e. The van der Waals surface area contributed by atoms with Crippen molar-refractivity contribution >= 4 is 29.3 Å². The van der Waals surface area contributed by atoms with Crippen molar-refractivity contribution in [1.29, 1.82) is 0 Å². The van der Waals surface area contributed by atoms with Gasteiger partial charge < -0.3 is 37.4 Å². The zero-order valence-corrected chi connectivity index (χ0v) is 28.3. The molecule has 3 N–H and O–H groups in total. The summed E-state index contributed by atoms with van der Waals surface area (Å²) in [6, 6.07) is 4.27. The largest absolute Gasteiger partial charge is 1.00 e. The molecule has 1 aromatic carbocycles. The summed E-state index contributed by atoms with van der Waals surface area (Å²) in [5.41, 5.74) is 4.35. The first-order valence-corrected chi connectivity index (χ1v) is 15.3. The Bertz CT molecular complexity index is 1510. The lowest BCUT2D eigenvalue weighted by Crippen LogP contribution is -3.00. The maximum Gasteiger partial charge on any atom is 0.435 e. The average molecular weight is 686 g/mol. The molecule has 1 fully saturated rings. The quantitative estimate of drug-likeness (QED) is 0.283. The summed E-state index contributed by atoms with van der Waals surface area (Å²) in [5.74, 6) is -2.25. The molecule has 2 aliphatic rings. The van der Waals surface area contributed by atoms with Crippen LogP contribution in [0, 0.1) is 5.41 Å². The van der Waals surface area contributed by atoms with Gasteiger partial charge in [-0.05, 0) is 55.7 Å². The molecular weight excluding hydrogens is 643 g/mol. The number of fused-ring (bicyclic) bond motifs is 1. The van der Waals surface area contributed by atoms with Crippen LogP contribution < -0.4 is 23.5 Å². The van der Waals surface area contributed by atoms with E-state index < -0.39 is 52.6 Å². The predicted octanol–water partition coefficient (Wildman–Crippen LogP) is 1.44. The van der Waals surface area contributed by atoms with E-state index in [1.54, 1.807) is 0 Å². The molecule has 0 spiro atoms. The molecule has 11 nitrogen and oxygen atoms in total. The summed E-state index contributed by atoms with van der Waals surface area (Å²) in [6.07, 6.45) is -3.45. The van der Waals surface area contributed by atoms with E-state index in [-0.39, 0.29) is 60.8 Å². The van der Waals surface area contributed by atoms with Crippen molar-refractivity contribution in [3.8, 4) is 5.69 Å². The van der Waals surface area contributed by atoms with Crippen LogP contribution in [0.25, 0.3) is 5.69 Å². The number of ketones is 1. The summed E-state index contributed by atoms with van der Waals surface area (Å²) < 4.78 is 54.6. The SMILES string of the molecule is CC(=O)OC(CC(=O)OC1CCC(Nc2cc(-n3nc(C(F)(F)F)c4c3CC(C)(C)CC4=O)ccc2C(N)=O)CC1)C[N+](C)(C)C.[Cl-]. The van der Waals surface area contributed by atoms with Crippen molar-refractivity contribution in [3.05, 3.63) is 40.7 Å². The minimum Gasteiger partial charge on any atom is -1.00 e. The number of esters is 2. The van der Waals surface area contributed by atoms with E-state index >= 15 is 0 Å². The van der Waals surface area contributed by atoms with Crippen molar-refractivity contribution in [2.45, 2.75) is 90.1 Å². The monoisotopic (exact) mass is 685 g/mol. The lowest BCUT2D eigenvalue weighted by Gasteiger charge is -2.31. The summed E-state index contributed by atoms with van der Waals surface area (Å²) in [6.45, 7) is 5.38. The van der Waals surface area contributed by atoms with E-state index in [9.17, 15) is 32.3 Å². The summed E-state index contributed by atoms with van der Waals surface area (Å²) in [4.78, 5) is 49.4. The van der Waals surface area contributed by atoms with E-state index in [4.69, 9.17) is 15.2 Å². The van der Waals surface area contributed by atoms with Crippen LogP contribution in [0.4, 0.5) is 18.9 Å². The molecule has 0 bridgehead atoms. The van der Waals surface area contributed by atoms with Crippen LogP contribution in [0.3, 0.4) is 0 Å². The van der Waals surface area contributed by atoms with Gasteiger partial charge in [0.05, 0.1) is 50.1 Å². The molecule has 1 aromatic heterocycles. The van der Waals surface area contributed by atoms with Crippen molar-refractivity contribution in [1.82, 2.24) is 9.78 Å². The van der Waals surface area contributed by atoms with Crippen LogP contribution in [0.15, 0.2) is 18.2 Å². The highest BCUT2D eigenvalue weighted by molar-refractivity contribution is 6.00. The first kappa shape index (κ1) is 37.8. The molecule has 2 aliphatic carbocycles. The number of hydrogen-bond acceptors (Lipinski definition) is 8. The van der Waals surface area contributed by atoms with E-state index in [1.807, 2.05) is 35.0 Å². The number of hydrogen-bond donors (Lipinski definition) is 2. The number of carbonyl (C=O) groups is 4. The Balaban J connectivity index is 0.00000600. The third-order valence-electron chi connectivity index (χ3n) is 8.14. The van der Waals surface area contributed by atoms with Crippen LogP contribution in [-0.4, -0.2) is 83.8 Å². The number of nitrogens with two attached hydrogens (primary N) is 1.